The predicted octanol–water partition coefficient (Wildman–Crippen LogP) is 6.79. The molecule has 35 heavy (non-hydrogen) atoms. The Morgan fingerprint density at radius 2 is 1.91 bits per heavy atom. The van der Waals surface area contributed by atoms with Gasteiger partial charge in [0.05, 0.1) is 17.6 Å². The summed E-state index contributed by atoms with van der Waals surface area (Å²) >= 11 is 6.40. The van der Waals surface area contributed by atoms with Crippen LogP contribution in [0.3, 0.4) is 0 Å². The highest BCUT2D eigenvalue weighted by molar-refractivity contribution is 6.32. The van der Waals surface area contributed by atoms with Crippen LogP contribution in [-0.2, 0) is 6.42 Å². The van der Waals surface area contributed by atoms with E-state index in [0.717, 1.165) is 38.9 Å². The summed E-state index contributed by atoms with van der Waals surface area (Å²) in [6.07, 6.45) is 6.53. The number of aliphatic hydroxyl groups excluding tert-OH is 1. The second-order valence-electron chi connectivity index (χ2n) is 9.85. The maximum absolute atomic E-state index is 15.6. The third-order valence-electron chi connectivity index (χ3n) is 7.59. The van der Waals surface area contributed by atoms with Gasteiger partial charge in [0.2, 0.25) is 0 Å². The number of benzene rings is 2. The highest BCUT2D eigenvalue weighted by Gasteiger charge is 2.35. The van der Waals surface area contributed by atoms with E-state index in [1.807, 2.05) is 12.1 Å². The number of aryl methyl sites for hydroxylation is 1. The minimum absolute atomic E-state index is 0.0974. The van der Waals surface area contributed by atoms with Crippen molar-refractivity contribution in [1.82, 2.24) is 9.88 Å². The van der Waals surface area contributed by atoms with Crippen LogP contribution in [0.5, 0.6) is 5.75 Å². The lowest BCUT2D eigenvalue weighted by atomic mass is 9.74. The Morgan fingerprint density at radius 3 is 2.63 bits per heavy atom. The Morgan fingerprint density at radius 1 is 1.14 bits per heavy atom. The molecule has 2 aromatic carbocycles. The summed E-state index contributed by atoms with van der Waals surface area (Å²) < 4.78 is 20.9. The van der Waals surface area contributed by atoms with E-state index in [0.29, 0.717) is 40.1 Å². The van der Waals surface area contributed by atoms with Crippen LogP contribution in [0.2, 0.25) is 5.02 Å². The topological polar surface area (TPSA) is 45.6 Å². The van der Waals surface area contributed by atoms with Crippen LogP contribution in [0, 0.1) is 5.41 Å². The van der Waals surface area contributed by atoms with E-state index in [2.05, 4.69) is 40.2 Å². The number of hydrogen-bond acceptors (Lipinski definition) is 4. The molecule has 4 rings (SSSR count). The number of unbranched alkanes of at least 4 members (excludes halogenated alkanes) is 1. The lowest BCUT2D eigenvalue weighted by molar-refractivity contribution is 0.0298. The maximum Gasteiger partial charge on any atom is 0.127 e. The number of pyridine rings is 1. The molecule has 1 aliphatic heterocycles. The monoisotopic (exact) mass is 498 g/mol. The molecule has 188 valence electrons. The molecule has 1 fully saturated rings. The average molecular weight is 499 g/mol. The Balaban J connectivity index is 1.30. The van der Waals surface area contributed by atoms with E-state index in [1.54, 1.807) is 13.2 Å². The number of methoxy groups -OCH3 is 1. The first-order chi connectivity index (χ1) is 17.0. The number of nitrogens with zero attached hydrogens (tertiary/aromatic N) is 2. The van der Waals surface area contributed by atoms with Crippen LogP contribution in [-0.4, -0.2) is 48.3 Å². The van der Waals surface area contributed by atoms with E-state index in [-0.39, 0.29) is 12.0 Å². The van der Waals surface area contributed by atoms with Gasteiger partial charge in [0, 0.05) is 23.8 Å². The molecule has 2 heterocycles. The summed E-state index contributed by atoms with van der Waals surface area (Å²) in [7, 11) is 1.59. The number of ether oxygens (including phenoxy) is 1. The van der Waals surface area contributed by atoms with Gasteiger partial charge in [-0.15, -0.1) is 0 Å². The van der Waals surface area contributed by atoms with Gasteiger partial charge >= 0.3 is 0 Å². The van der Waals surface area contributed by atoms with Crippen molar-refractivity contribution in [3.8, 4) is 5.75 Å². The van der Waals surface area contributed by atoms with E-state index >= 15 is 4.39 Å². The number of aliphatic hydroxyl groups is 1. The third kappa shape index (κ3) is 6.52. The summed E-state index contributed by atoms with van der Waals surface area (Å²) in [5, 5.41) is 11.3. The van der Waals surface area contributed by atoms with Gasteiger partial charge in [-0.1, -0.05) is 41.9 Å². The summed E-state index contributed by atoms with van der Waals surface area (Å²) in [5.41, 5.74) is 2.34. The van der Waals surface area contributed by atoms with Crippen molar-refractivity contribution in [1.29, 1.82) is 0 Å². The minimum Gasteiger partial charge on any atom is -0.497 e. The number of fused-ring (bicyclic) bond motifs is 1. The van der Waals surface area contributed by atoms with Gasteiger partial charge < -0.3 is 14.7 Å². The molecule has 0 bridgehead atoms. The normalized spacial score (nSPS) is 16.9. The lowest BCUT2D eigenvalue weighted by Gasteiger charge is -2.41. The molecule has 1 N–H and O–H groups in total. The van der Waals surface area contributed by atoms with Gasteiger partial charge in [0.1, 0.15) is 11.9 Å². The lowest BCUT2D eigenvalue weighted by Crippen LogP contribution is -2.42. The minimum atomic E-state index is -1.22. The van der Waals surface area contributed by atoms with Crippen molar-refractivity contribution in [3.05, 3.63) is 70.9 Å². The molecule has 0 aliphatic carbocycles. The van der Waals surface area contributed by atoms with Gasteiger partial charge in [-0.05, 0) is 93.8 Å². The number of alkyl halides is 1. The van der Waals surface area contributed by atoms with Crippen molar-refractivity contribution >= 4 is 22.5 Å². The van der Waals surface area contributed by atoms with Crippen molar-refractivity contribution in [2.24, 2.45) is 5.41 Å². The molecule has 0 amide bonds. The first-order valence-electron chi connectivity index (χ1n) is 12.7. The second-order valence-corrected chi connectivity index (χ2v) is 10.3. The molecule has 1 aromatic heterocycles. The summed E-state index contributed by atoms with van der Waals surface area (Å²) in [6.45, 7) is 3.10. The molecule has 1 unspecified atom stereocenters. The second kappa shape index (κ2) is 12.2. The van der Waals surface area contributed by atoms with Gasteiger partial charge in [-0.3, -0.25) is 4.98 Å². The largest absolute Gasteiger partial charge is 0.497 e. The molecule has 6 heteroatoms. The Kier molecular flexibility index (Phi) is 8.99. The summed E-state index contributed by atoms with van der Waals surface area (Å²) in [4.78, 5) is 6.83. The highest BCUT2D eigenvalue weighted by atomic mass is 35.5. The molecule has 1 saturated heterocycles. The molecule has 4 nitrogen and oxygen atoms in total. The van der Waals surface area contributed by atoms with Gasteiger partial charge in [0.15, 0.2) is 0 Å². The Labute approximate surface area is 213 Å². The van der Waals surface area contributed by atoms with Crippen molar-refractivity contribution in [2.45, 2.75) is 51.1 Å². The average Bonchev–Trinajstić information content (AvgIpc) is 2.90. The zero-order valence-corrected chi connectivity index (χ0v) is 21.3. The van der Waals surface area contributed by atoms with E-state index < -0.39 is 6.17 Å². The van der Waals surface area contributed by atoms with E-state index in [1.165, 1.54) is 24.6 Å². The fraction of sp³-hybridized carbons (Fsp3) is 0.483. The fourth-order valence-corrected chi connectivity index (χ4v) is 5.51. The number of rotatable bonds is 11. The predicted molar refractivity (Wildman–Crippen MR) is 141 cm³/mol. The van der Waals surface area contributed by atoms with Gasteiger partial charge in [0.25, 0.3) is 0 Å². The van der Waals surface area contributed by atoms with Crippen LogP contribution in [0.1, 0.15) is 55.8 Å². The van der Waals surface area contributed by atoms with Crippen molar-refractivity contribution < 1.29 is 14.2 Å². The molecule has 0 spiro atoms. The standard InChI is InChI=1S/C29H36ClFN2O2/c1-35-23-10-11-27-24(19-23)28(25(30)20-32-27)26(31)12-13-29(21-34)14-17-33(18-15-29)16-6-5-9-22-7-3-2-4-8-22/h2-4,7-8,10-11,19-20,26,34H,5-6,9,12-18,21H2,1H3. The highest BCUT2D eigenvalue weighted by Crippen LogP contribution is 2.41. The fourth-order valence-electron chi connectivity index (χ4n) is 5.24. The van der Waals surface area contributed by atoms with Gasteiger partial charge in [-0.2, -0.15) is 0 Å². The molecule has 1 aliphatic rings. The van der Waals surface area contributed by atoms with Crippen LogP contribution in [0.4, 0.5) is 4.39 Å². The SMILES string of the molecule is COc1ccc2ncc(Cl)c(C(F)CCC3(CO)CCN(CCCCc4ccccc4)CC3)c2c1. The summed E-state index contributed by atoms with van der Waals surface area (Å²) in [5.74, 6) is 0.651. The molecular formula is C29H36ClFN2O2. The molecule has 0 radical (unpaired) electrons. The van der Waals surface area contributed by atoms with Crippen LogP contribution >= 0.6 is 11.6 Å². The number of halogens is 2. The first-order valence-corrected chi connectivity index (χ1v) is 13.0. The number of likely N-dealkylation sites (tertiary alicyclic amines) is 1. The Bertz CT molecular complexity index is 1090. The number of aromatic nitrogens is 1. The maximum atomic E-state index is 15.6. The number of hydrogen-bond donors (Lipinski definition) is 1. The van der Waals surface area contributed by atoms with Crippen LogP contribution in [0.25, 0.3) is 10.9 Å². The Hall–Kier alpha value is -2.21. The third-order valence-corrected chi connectivity index (χ3v) is 7.90. The molecule has 0 saturated carbocycles. The van der Waals surface area contributed by atoms with Crippen molar-refractivity contribution in [3.63, 3.8) is 0 Å². The molecule has 1 atom stereocenters. The van der Waals surface area contributed by atoms with Crippen LogP contribution < -0.4 is 4.74 Å². The molecular weight excluding hydrogens is 463 g/mol. The smallest absolute Gasteiger partial charge is 0.127 e. The molecule has 3 aromatic rings. The quantitative estimate of drug-likeness (QED) is 0.296. The first kappa shape index (κ1) is 25.9. The summed E-state index contributed by atoms with van der Waals surface area (Å²) in [6, 6.07) is 16.1. The van der Waals surface area contributed by atoms with E-state index in [9.17, 15) is 5.11 Å². The van der Waals surface area contributed by atoms with E-state index in [4.69, 9.17) is 16.3 Å². The number of piperidine rings is 1. The van der Waals surface area contributed by atoms with Gasteiger partial charge in [-0.25, -0.2) is 4.39 Å². The zero-order valence-electron chi connectivity index (χ0n) is 20.6. The zero-order chi connectivity index (χ0) is 24.7. The van der Waals surface area contributed by atoms with Crippen LogP contribution in [0.15, 0.2) is 54.7 Å². The van der Waals surface area contributed by atoms with Crippen molar-refractivity contribution in [2.75, 3.05) is 33.4 Å².